The Morgan fingerprint density at radius 3 is 2.20 bits per heavy atom. The monoisotopic (exact) mass is 136 g/mol. The second-order valence-corrected chi connectivity index (χ2v) is 2.89. The van der Waals surface area contributed by atoms with E-state index in [1.54, 1.807) is 13.8 Å². The summed E-state index contributed by atoms with van der Waals surface area (Å²) < 4.78 is 0. The Balaban J connectivity index is 4.47. The minimum Gasteiger partial charge on any atom is -0.222 e. The molecule has 10 heavy (non-hydrogen) atoms. The SMILES string of the molecule is CC(C)=C=NC(C)(C)C#N. The van der Waals surface area contributed by atoms with Gasteiger partial charge in [0, 0.05) is 0 Å². The fraction of sp³-hybridized carbons (Fsp3) is 0.625. The number of hydrogen-bond acceptors (Lipinski definition) is 2. The lowest BCUT2D eigenvalue weighted by atomic mass is 10.1. The summed E-state index contributed by atoms with van der Waals surface area (Å²) in [4.78, 5) is 3.93. The molecule has 0 aliphatic heterocycles. The maximum Gasteiger partial charge on any atom is 0.150 e. The van der Waals surface area contributed by atoms with Crippen LogP contribution in [0, 0.1) is 11.3 Å². The molecular formula is C8H12N2. The van der Waals surface area contributed by atoms with Gasteiger partial charge < -0.3 is 0 Å². The van der Waals surface area contributed by atoms with E-state index < -0.39 is 5.54 Å². The van der Waals surface area contributed by atoms with E-state index in [0.29, 0.717) is 0 Å². The molecule has 0 heterocycles. The maximum atomic E-state index is 8.51. The first-order chi connectivity index (χ1) is 4.48. The van der Waals surface area contributed by atoms with Crippen LogP contribution in [0.1, 0.15) is 27.7 Å². The molecule has 0 bridgehead atoms. The van der Waals surface area contributed by atoms with E-state index in [1.165, 1.54) is 0 Å². The molecule has 0 rings (SSSR count). The van der Waals surface area contributed by atoms with Crippen molar-refractivity contribution >= 4 is 5.87 Å². The van der Waals surface area contributed by atoms with Gasteiger partial charge in [0.15, 0.2) is 5.54 Å². The summed E-state index contributed by atoms with van der Waals surface area (Å²) in [6.45, 7) is 7.31. The summed E-state index contributed by atoms with van der Waals surface area (Å²) >= 11 is 0. The van der Waals surface area contributed by atoms with Crippen molar-refractivity contribution in [2.24, 2.45) is 4.99 Å². The molecule has 0 aromatic heterocycles. The van der Waals surface area contributed by atoms with Gasteiger partial charge >= 0.3 is 0 Å². The first-order valence-electron chi connectivity index (χ1n) is 3.17. The van der Waals surface area contributed by atoms with E-state index in [0.717, 1.165) is 5.57 Å². The zero-order chi connectivity index (χ0) is 8.20. The van der Waals surface area contributed by atoms with Gasteiger partial charge in [0.25, 0.3) is 0 Å². The lowest BCUT2D eigenvalue weighted by molar-refractivity contribution is 0.678. The number of aliphatic imine (C=N–C) groups is 1. The van der Waals surface area contributed by atoms with Crippen LogP contribution < -0.4 is 0 Å². The Morgan fingerprint density at radius 1 is 1.40 bits per heavy atom. The fourth-order valence-electron chi connectivity index (χ4n) is 0.277. The van der Waals surface area contributed by atoms with Gasteiger partial charge in [0.05, 0.1) is 6.07 Å². The van der Waals surface area contributed by atoms with Crippen LogP contribution >= 0.6 is 0 Å². The highest BCUT2D eigenvalue weighted by molar-refractivity contribution is 5.57. The fourth-order valence-corrected chi connectivity index (χ4v) is 0.277. The van der Waals surface area contributed by atoms with Crippen LogP contribution in [0.4, 0.5) is 0 Å². The predicted molar refractivity (Wildman–Crippen MR) is 42.0 cm³/mol. The minimum absolute atomic E-state index is 0.628. The molecule has 0 aliphatic carbocycles. The third-order valence-corrected chi connectivity index (χ3v) is 0.833. The summed E-state index contributed by atoms with van der Waals surface area (Å²) in [6, 6.07) is 2.05. The molecule has 0 fully saturated rings. The summed E-state index contributed by atoms with van der Waals surface area (Å²) in [7, 11) is 0. The Morgan fingerprint density at radius 2 is 1.90 bits per heavy atom. The minimum atomic E-state index is -0.628. The van der Waals surface area contributed by atoms with Crippen LogP contribution in [-0.4, -0.2) is 11.4 Å². The van der Waals surface area contributed by atoms with Crippen molar-refractivity contribution in [2.75, 3.05) is 0 Å². The lowest BCUT2D eigenvalue weighted by Crippen LogP contribution is -2.11. The highest BCUT2D eigenvalue weighted by Gasteiger charge is 2.11. The van der Waals surface area contributed by atoms with Gasteiger partial charge in [-0.05, 0) is 39.1 Å². The average Bonchev–Trinajstić information content (AvgIpc) is 1.85. The lowest BCUT2D eigenvalue weighted by Gasteiger charge is -2.03. The topological polar surface area (TPSA) is 36.1 Å². The van der Waals surface area contributed by atoms with E-state index in [2.05, 4.69) is 16.9 Å². The molecule has 0 saturated carbocycles. The highest BCUT2D eigenvalue weighted by Crippen LogP contribution is 2.04. The molecule has 0 aliphatic rings. The Bertz CT molecular complexity index is 208. The Kier molecular flexibility index (Phi) is 2.86. The summed E-state index contributed by atoms with van der Waals surface area (Å²) in [6.07, 6.45) is 0. The van der Waals surface area contributed by atoms with Crippen molar-refractivity contribution in [1.29, 1.82) is 5.26 Å². The molecule has 0 aromatic carbocycles. The van der Waals surface area contributed by atoms with Crippen molar-refractivity contribution in [1.82, 2.24) is 0 Å². The summed E-state index contributed by atoms with van der Waals surface area (Å²) in [5.74, 6) is 2.76. The molecule has 0 amide bonds. The van der Waals surface area contributed by atoms with Gasteiger partial charge in [-0.25, -0.2) is 4.99 Å². The van der Waals surface area contributed by atoms with Crippen molar-refractivity contribution in [3.05, 3.63) is 5.57 Å². The van der Waals surface area contributed by atoms with E-state index in [4.69, 9.17) is 5.26 Å². The van der Waals surface area contributed by atoms with Crippen molar-refractivity contribution in [2.45, 2.75) is 33.2 Å². The molecule has 0 aromatic rings. The number of nitriles is 1. The number of nitrogens with zero attached hydrogens (tertiary/aromatic N) is 2. The molecule has 2 heteroatoms. The largest absolute Gasteiger partial charge is 0.222 e. The zero-order valence-electron chi connectivity index (χ0n) is 6.89. The predicted octanol–water partition coefficient (Wildman–Crippen LogP) is 1.92. The summed E-state index contributed by atoms with van der Waals surface area (Å²) in [5.41, 5.74) is 0.361. The first kappa shape index (κ1) is 8.94. The molecule has 0 saturated heterocycles. The Hall–Kier alpha value is -1.06. The van der Waals surface area contributed by atoms with Crippen molar-refractivity contribution in [3.8, 4) is 6.07 Å². The van der Waals surface area contributed by atoms with Crippen LogP contribution in [-0.2, 0) is 0 Å². The van der Waals surface area contributed by atoms with Gasteiger partial charge in [-0.15, -0.1) is 0 Å². The molecule has 0 spiro atoms. The molecular weight excluding hydrogens is 124 g/mol. The van der Waals surface area contributed by atoms with Crippen LogP contribution in [0.25, 0.3) is 0 Å². The van der Waals surface area contributed by atoms with Gasteiger partial charge in [0.2, 0.25) is 0 Å². The second kappa shape index (κ2) is 3.20. The normalized spacial score (nSPS) is 9.50. The second-order valence-electron chi connectivity index (χ2n) is 2.89. The maximum absolute atomic E-state index is 8.51. The Labute approximate surface area is 61.9 Å². The molecule has 0 radical (unpaired) electrons. The quantitative estimate of drug-likeness (QED) is 0.507. The van der Waals surface area contributed by atoms with Crippen LogP contribution in [0.5, 0.6) is 0 Å². The first-order valence-corrected chi connectivity index (χ1v) is 3.17. The standard InChI is InChI=1S/C8H12N2/c1-7(2)5-10-8(3,4)6-9/h1-4H3. The number of rotatable bonds is 1. The van der Waals surface area contributed by atoms with E-state index in [9.17, 15) is 0 Å². The van der Waals surface area contributed by atoms with Crippen molar-refractivity contribution < 1.29 is 0 Å². The molecule has 0 unspecified atom stereocenters. The van der Waals surface area contributed by atoms with E-state index in [-0.39, 0.29) is 0 Å². The summed E-state index contributed by atoms with van der Waals surface area (Å²) in [5, 5.41) is 8.51. The van der Waals surface area contributed by atoms with Crippen molar-refractivity contribution in [3.63, 3.8) is 0 Å². The van der Waals surface area contributed by atoms with Gasteiger partial charge in [-0.3, -0.25) is 0 Å². The van der Waals surface area contributed by atoms with Crippen LogP contribution in [0.15, 0.2) is 10.6 Å². The number of hydrogen-bond donors (Lipinski definition) is 0. The van der Waals surface area contributed by atoms with Crippen LogP contribution in [0.3, 0.4) is 0 Å². The van der Waals surface area contributed by atoms with Gasteiger partial charge in [-0.2, -0.15) is 5.26 Å². The smallest absolute Gasteiger partial charge is 0.150 e. The third kappa shape index (κ3) is 3.88. The number of allylic oxidation sites excluding steroid dienone is 1. The van der Waals surface area contributed by atoms with E-state index in [1.807, 2.05) is 13.8 Å². The van der Waals surface area contributed by atoms with Crippen LogP contribution in [0.2, 0.25) is 0 Å². The molecule has 0 N–H and O–H groups in total. The molecule has 0 atom stereocenters. The average molecular weight is 136 g/mol. The third-order valence-electron chi connectivity index (χ3n) is 0.833. The zero-order valence-corrected chi connectivity index (χ0v) is 6.89. The van der Waals surface area contributed by atoms with Gasteiger partial charge in [0.1, 0.15) is 0 Å². The highest BCUT2D eigenvalue weighted by atomic mass is 14.8. The molecule has 54 valence electrons. The van der Waals surface area contributed by atoms with E-state index >= 15 is 0 Å². The molecule has 2 nitrogen and oxygen atoms in total. The van der Waals surface area contributed by atoms with Gasteiger partial charge in [-0.1, -0.05) is 0 Å².